The van der Waals surface area contributed by atoms with E-state index in [1.807, 2.05) is 31.2 Å². The number of fused-ring (bicyclic) bond motifs is 1. The van der Waals surface area contributed by atoms with Gasteiger partial charge >= 0.3 is 0 Å². The average Bonchev–Trinajstić information content (AvgIpc) is 2.66. The van der Waals surface area contributed by atoms with Crippen LogP contribution < -0.4 is 14.8 Å². The van der Waals surface area contributed by atoms with Crippen LogP contribution in [0, 0.1) is 0 Å². The van der Waals surface area contributed by atoms with Crippen molar-refractivity contribution >= 4 is 12.0 Å². The normalized spacial score (nSPS) is 18.6. The number of hydrogen-bond donors (Lipinski definition) is 1. The highest BCUT2D eigenvalue weighted by Crippen LogP contribution is 2.30. The van der Waals surface area contributed by atoms with Gasteiger partial charge in [-0.2, -0.15) is 0 Å². The quantitative estimate of drug-likeness (QED) is 0.850. The van der Waals surface area contributed by atoms with E-state index < -0.39 is 0 Å². The molecular weight excluding hydrogens is 320 g/mol. The highest BCUT2D eigenvalue weighted by atomic mass is 16.5. The van der Waals surface area contributed by atoms with Crippen LogP contribution in [-0.2, 0) is 9.53 Å². The van der Waals surface area contributed by atoms with Crippen LogP contribution in [0.25, 0.3) is 6.08 Å². The lowest BCUT2D eigenvalue weighted by Gasteiger charge is -2.32. The number of amides is 1. The van der Waals surface area contributed by atoms with Crippen molar-refractivity contribution in [2.24, 2.45) is 0 Å². The van der Waals surface area contributed by atoms with Crippen molar-refractivity contribution in [1.29, 1.82) is 0 Å². The van der Waals surface area contributed by atoms with Gasteiger partial charge in [-0.15, -0.1) is 0 Å². The molecule has 0 spiro atoms. The van der Waals surface area contributed by atoms with Gasteiger partial charge in [0.25, 0.3) is 5.91 Å². The molecule has 0 saturated carbocycles. The number of carbonyl (C=O) groups is 1. The van der Waals surface area contributed by atoms with E-state index in [4.69, 9.17) is 14.2 Å². The number of hydrogen-bond acceptors (Lipinski definition) is 5. The smallest absolute Gasteiger partial charge is 0.250 e. The summed E-state index contributed by atoms with van der Waals surface area (Å²) in [5.74, 6) is 1.48. The van der Waals surface area contributed by atoms with Crippen LogP contribution in [0.2, 0.25) is 0 Å². The average molecular weight is 346 g/mol. The van der Waals surface area contributed by atoms with Crippen molar-refractivity contribution in [3.8, 4) is 11.5 Å². The third kappa shape index (κ3) is 4.52. The Hall–Kier alpha value is -2.05. The van der Waals surface area contributed by atoms with Gasteiger partial charge in [0.1, 0.15) is 18.1 Å². The predicted molar refractivity (Wildman–Crippen MR) is 95.9 cm³/mol. The number of nitrogens with one attached hydrogen (secondary N) is 1. The van der Waals surface area contributed by atoms with Gasteiger partial charge in [-0.25, -0.2) is 0 Å². The Kier molecular flexibility index (Phi) is 5.94. The molecule has 0 aromatic heterocycles. The van der Waals surface area contributed by atoms with Gasteiger partial charge in [0.05, 0.1) is 25.4 Å². The fourth-order valence-electron chi connectivity index (χ4n) is 3.04. The zero-order valence-corrected chi connectivity index (χ0v) is 14.9. The molecule has 2 aliphatic heterocycles. The van der Waals surface area contributed by atoms with Gasteiger partial charge in [-0.3, -0.25) is 9.69 Å². The molecule has 0 aliphatic carbocycles. The SMILES string of the molecule is CCOc1ccc2c(c1)C=C(C(=O)NC[C@H](C)N1CCOCC1)CO2. The number of rotatable bonds is 6. The standard InChI is InChI=1S/C19H26N2O4/c1-3-24-17-4-5-18-15(11-17)10-16(13-25-18)19(22)20-12-14(2)21-6-8-23-9-7-21/h4-5,10-11,14H,3,6-9,12-13H2,1-2H3,(H,20,22)/t14-/m0/s1. The van der Waals surface area contributed by atoms with Crippen LogP contribution in [0.1, 0.15) is 19.4 Å². The number of morpholine rings is 1. The summed E-state index contributed by atoms with van der Waals surface area (Å²) in [5.41, 5.74) is 1.51. The second-order valence-electron chi connectivity index (χ2n) is 6.30. The first-order chi connectivity index (χ1) is 12.2. The largest absolute Gasteiger partial charge is 0.494 e. The van der Waals surface area contributed by atoms with Crippen molar-refractivity contribution in [1.82, 2.24) is 10.2 Å². The van der Waals surface area contributed by atoms with Gasteiger partial charge in [-0.05, 0) is 38.1 Å². The Morgan fingerprint density at radius 2 is 2.16 bits per heavy atom. The number of ether oxygens (including phenoxy) is 3. The molecule has 1 N–H and O–H groups in total. The molecule has 0 radical (unpaired) electrons. The maximum atomic E-state index is 12.5. The maximum Gasteiger partial charge on any atom is 0.250 e. The van der Waals surface area contributed by atoms with E-state index in [9.17, 15) is 4.79 Å². The lowest BCUT2D eigenvalue weighted by molar-refractivity contribution is -0.118. The van der Waals surface area contributed by atoms with Crippen molar-refractivity contribution in [3.63, 3.8) is 0 Å². The van der Waals surface area contributed by atoms with E-state index in [1.54, 1.807) is 0 Å². The lowest BCUT2D eigenvalue weighted by Crippen LogP contribution is -2.47. The third-order valence-corrected chi connectivity index (χ3v) is 4.52. The summed E-state index contributed by atoms with van der Waals surface area (Å²) in [7, 11) is 0. The first-order valence-electron chi connectivity index (χ1n) is 8.87. The second kappa shape index (κ2) is 8.36. The Balaban J connectivity index is 1.59. The molecule has 1 saturated heterocycles. The van der Waals surface area contributed by atoms with Crippen LogP contribution in [0.4, 0.5) is 0 Å². The molecule has 0 unspecified atom stereocenters. The van der Waals surface area contributed by atoms with Crippen molar-refractivity contribution in [2.45, 2.75) is 19.9 Å². The summed E-state index contributed by atoms with van der Waals surface area (Å²) in [5, 5.41) is 3.02. The number of benzene rings is 1. The van der Waals surface area contributed by atoms with E-state index in [-0.39, 0.29) is 11.9 Å². The highest BCUT2D eigenvalue weighted by molar-refractivity contribution is 5.99. The second-order valence-corrected chi connectivity index (χ2v) is 6.30. The fourth-order valence-corrected chi connectivity index (χ4v) is 3.04. The molecule has 6 heteroatoms. The van der Waals surface area contributed by atoms with E-state index in [0.717, 1.165) is 43.4 Å². The van der Waals surface area contributed by atoms with E-state index >= 15 is 0 Å². The zero-order chi connectivity index (χ0) is 17.6. The van der Waals surface area contributed by atoms with Gasteiger partial charge in [0.2, 0.25) is 0 Å². The van der Waals surface area contributed by atoms with Crippen LogP contribution in [0.3, 0.4) is 0 Å². The number of carbonyl (C=O) groups excluding carboxylic acids is 1. The van der Waals surface area contributed by atoms with E-state index in [1.165, 1.54) is 0 Å². The Bertz CT molecular complexity index is 638. The fraction of sp³-hybridized carbons (Fsp3) is 0.526. The molecule has 1 fully saturated rings. The van der Waals surface area contributed by atoms with Crippen molar-refractivity contribution < 1.29 is 19.0 Å². The minimum absolute atomic E-state index is 0.0763. The van der Waals surface area contributed by atoms with Gasteiger partial charge < -0.3 is 19.5 Å². The molecule has 1 aromatic carbocycles. The molecule has 1 aromatic rings. The Labute approximate surface area is 148 Å². The van der Waals surface area contributed by atoms with Crippen molar-refractivity contribution in [2.75, 3.05) is 46.1 Å². The zero-order valence-electron chi connectivity index (χ0n) is 14.9. The van der Waals surface area contributed by atoms with Gasteiger partial charge in [-0.1, -0.05) is 0 Å². The lowest BCUT2D eigenvalue weighted by atomic mass is 10.1. The van der Waals surface area contributed by atoms with Gasteiger partial charge in [0.15, 0.2) is 0 Å². The molecule has 25 heavy (non-hydrogen) atoms. The van der Waals surface area contributed by atoms with Crippen LogP contribution in [-0.4, -0.2) is 62.9 Å². The van der Waals surface area contributed by atoms with E-state index in [0.29, 0.717) is 25.3 Å². The molecule has 3 rings (SSSR count). The monoisotopic (exact) mass is 346 g/mol. The summed E-state index contributed by atoms with van der Waals surface area (Å²) in [4.78, 5) is 14.8. The maximum absolute atomic E-state index is 12.5. The number of nitrogens with zero attached hydrogens (tertiary/aromatic N) is 1. The molecule has 1 atom stereocenters. The topological polar surface area (TPSA) is 60.0 Å². The van der Waals surface area contributed by atoms with Crippen LogP contribution >= 0.6 is 0 Å². The summed E-state index contributed by atoms with van der Waals surface area (Å²) < 4.78 is 16.6. The molecule has 1 amide bonds. The minimum Gasteiger partial charge on any atom is -0.494 e. The molecule has 2 heterocycles. The highest BCUT2D eigenvalue weighted by Gasteiger charge is 2.20. The van der Waals surface area contributed by atoms with Crippen molar-refractivity contribution in [3.05, 3.63) is 29.3 Å². The summed E-state index contributed by atoms with van der Waals surface area (Å²) >= 11 is 0. The van der Waals surface area contributed by atoms with Crippen LogP contribution in [0.5, 0.6) is 11.5 Å². The Morgan fingerprint density at radius 3 is 2.92 bits per heavy atom. The molecule has 136 valence electrons. The van der Waals surface area contributed by atoms with E-state index in [2.05, 4.69) is 17.1 Å². The molecule has 2 aliphatic rings. The summed E-state index contributed by atoms with van der Waals surface area (Å²) in [6.07, 6.45) is 1.89. The van der Waals surface area contributed by atoms with Crippen LogP contribution in [0.15, 0.2) is 23.8 Å². The first-order valence-corrected chi connectivity index (χ1v) is 8.87. The predicted octanol–water partition coefficient (Wildman–Crippen LogP) is 1.70. The van der Waals surface area contributed by atoms with Gasteiger partial charge in [0, 0.05) is 31.2 Å². The minimum atomic E-state index is -0.0763. The molecule has 0 bridgehead atoms. The molecular formula is C19H26N2O4. The summed E-state index contributed by atoms with van der Waals surface area (Å²) in [6, 6.07) is 5.95. The molecule has 6 nitrogen and oxygen atoms in total. The first kappa shape index (κ1) is 17.8. The summed E-state index contributed by atoms with van der Waals surface area (Å²) in [6.45, 7) is 8.93. The Morgan fingerprint density at radius 1 is 1.36 bits per heavy atom. The third-order valence-electron chi connectivity index (χ3n) is 4.52.